The van der Waals surface area contributed by atoms with Crippen molar-refractivity contribution in [2.24, 2.45) is 0 Å². The van der Waals surface area contributed by atoms with Crippen LogP contribution >= 0.6 is 11.3 Å². The molecule has 206 valence electrons. The largest absolute Gasteiger partial charge is 0.489 e. The van der Waals surface area contributed by atoms with Crippen LogP contribution < -0.4 is 4.74 Å². The Hall–Kier alpha value is -4.75. The van der Waals surface area contributed by atoms with Gasteiger partial charge in [-0.3, -0.25) is 4.79 Å². The van der Waals surface area contributed by atoms with E-state index in [1.807, 2.05) is 6.07 Å². The molecule has 1 N–H and O–H groups in total. The quantitative estimate of drug-likeness (QED) is 0.175. The van der Waals surface area contributed by atoms with Gasteiger partial charge in [-0.1, -0.05) is 24.3 Å². The Labute approximate surface area is 235 Å². The van der Waals surface area contributed by atoms with Crippen molar-refractivity contribution in [3.05, 3.63) is 91.7 Å². The van der Waals surface area contributed by atoms with Crippen LogP contribution in [0.3, 0.4) is 0 Å². The van der Waals surface area contributed by atoms with Gasteiger partial charge in [-0.05, 0) is 67.8 Å². The Morgan fingerprint density at radius 1 is 0.950 bits per heavy atom. The molecule has 3 aromatic rings. The SMILES string of the molecule is CCOC(=O)c1sc(CC(=O)C(C#N)=Cc2ccc(OCc3ccc(C(=O)O)cc3)cc2)c(C(=O)OCC)c1C. The Kier molecular flexibility index (Phi) is 10.3. The molecule has 0 atom stereocenters. The number of ketones is 1. The van der Waals surface area contributed by atoms with E-state index in [1.165, 1.54) is 18.2 Å². The number of Topliss-reactive ketones (excluding diaryl/α,β-unsaturated/α-hetero) is 1. The highest BCUT2D eigenvalue weighted by Crippen LogP contribution is 2.31. The zero-order chi connectivity index (χ0) is 29.2. The topological polar surface area (TPSA) is 140 Å². The molecule has 0 aliphatic carbocycles. The van der Waals surface area contributed by atoms with Gasteiger partial charge >= 0.3 is 17.9 Å². The van der Waals surface area contributed by atoms with Crippen LogP contribution in [-0.2, 0) is 27.3 Å². The number of allylic oxidation sites excluding steroid dienone is 1. The maximum atomic E-state index is 13.1. The number of aromatic carboxylic acids is 1. The first-order chi connectivity index (χ1) is 19.2. The summed E-state index contributed by atoms with van der Waals surface area (Å²) in [6, 6.07) is 15.0. The maximum absolute atomic E-state index is 13.1. The number of nitrogens with zero attached hydrogens (tertiary/aromatic N) is 1. The molecule has 0 saturated heterocycles. The minimum absolute atomic E-state index is 0.120. The van der Waals surface area contributed by atoms with Crippen LogP contribution in [0.2, 0.25) is 0 Å². The van der Waals surface area contributed by atoms with E-state index in [9.17, 15) is 24.4 Å². The third-order valence-corrected chi connectivity index (χ3v) is 6.97. The number of esters is 2. The van der Waals surface area contributed by atoms with E-state index in [0.29, 0.717) is 21.8 Å². The summed E-state index contributed by atoms with van der Waals surface area (Å²) >= 11 is 0.980. The van der Waals surface area contributed by atoms with E-state index < -0.39 is 23.7 Å². The van der Waals surface area contributed by atoms with Crippen LogP contribution in [0.1, 0.15) is 65.8 Å². The summed E-state index contributed by atoms with van der Waals surface area (Å²) in [4.78, 5) is 49.6. The van der Waals surface area contributed by atoms with E-state index in [-0.39, 0.29) is 47.8 Å². The van der Waals surface area contributed by atoms with Gasteiger partial charge in [-0.15, -0.1) is 11.3 Å². The number of carbonyl (C=O) groups is 4. The lowest BCUT2D eigenvalue weighted by atomic mass is 10.0. The number of hydrogen-bond donors (Lipinski definition) is 1. The molecule has 0 fully saturated rings. The fourth-order valence-electron chi connectivity index (χ4n) is 3.71. The summed E-state index contributed by atoms with van der Waals surface area (Å²) in [5.41, 5.74) is 1.96. The normalized spacial score (nSPS) is 10.9. The van der Waals surface area contributed by atoms with Gasteiger partial charge in [0.15, 0.2) is 5.78 Å². The minimum Gasteiger partial charge on any atom is -0.489 e. The summed E-state index contributed by atoms with van der Waals surface area (Å²) in [6.45, 7) is 5.43. The lowest BCUT2D eigenvalue weighted by Crippen LogP contribution is -2.12. The Morgan fingerprint density at radius 3 is 2.15 bits per heavy atom. The molecule has 0 amide bonds. The van der Waals surface area contributed by atoms with Gasteiger partial charge in [0.25, 0.3) is 0 Å². The molecule has 0 saturated carbocycles. The van der Waals surface area contributed by atoms with E-state index in [1.54, 1.807) is 57.2 Å². The Bertz CT molecular complexity index is 1480. The lowest BCUT2D eigenvalue weighted by Gasteiger charge is -2.07. The zero-order valence-corrected chi connectivity index (χ0v) is 23.0. The summed E-state index contributed by atoms with van der Waals surface area (Å²) in [6.07, 6.45) is 1.17. The van der Waals surface area contributed by atoms with Crippen molar-refractivity contribution in [1.29, 1.82) is 5.26 Å². The highest BCUT2D eigenvalue weighted by Gasteiger charge is 2.28. The molecule has 9 nitrogen and oxygen atoms in total. The number of ether oxygens (including phenoxy) is 3. The van der Waals surface area contributed by atoms with Crippen LogP contribution in [-0.4, -0.2) is 42.0 Å². The summed E-state index contributed by atoms with van der Waals surface area (Å²) in [7, 11) is 0. The number of carboxylic acids is 1. The molecule has 3 rings (SSSR count). The van der Waals surface area contributed by atoms with Crippen LogP contribution in [0, 0.1) is 18.3 Å². The summed E-state index contributed by atoms with van der Waals surface area (Å²) in [5, 5.41) is 18.7. The number of rotatable bonds is 12. The average Bonchev–Trinajstić information content (AvgIpc) is 3.27. The molecule has 1 heterocycles. The fraction of sp³-hybridized carbons (Fsp3) is 0.233. The van der Waals surface area contributed by atoms with Gasteiger partial charge in [0.2, 0.25) is 0 Å². The Balaban J connectivity index is 1.75. The number of hydrogen-bond acceptors (Lipinski definition) is 9. The third kappa shape index (κ3) is 7.42. The number of thiophene rings is 1. The molecule has 40 heavy (non-hydrogen) atoms. The predicted octanol–water partition coefficient (Wildman–Crippen LogP) is 5.41. The molecule has 0 unspecified atom stereocenters. The molecular weight excluding hydrogens is 534 g/mol. The monoisotopic (exact) mass is 561 g/mol. The summed E-state index contributed by atoms with van der Waals surface area (Å²) < 4.78 is 15.9. The van der Waals surface area contributed by atoms with E-state index in [2.05, 4.69) is 0 Å². The highest BCUT2D eigenvalue weighted by molar-refractivity contribution is 7.14. The smallest absolute Gasteiger partial charge is 0.348 e. The molecular formula is C30H27NO8S. The number of carbonyl (C=O) groups excluding carboxylic acids is 3. The first-order valence-corrected chi connectivity index (χ1v) is 13.2. The first-order valence-electron chi connectivity index (χ1n) is 12.3. The van der Waals surface area contributed by atoms with Crippen molar-refractivity contribution < 1.29 is 38.5 Å². The van der Waals surface area contributed by atoms with Crippen molar-refractivity contribution >= 4 is 41.1 Å². The molecule has 10 heteroatoms. The molecule has 0 aliphatic rings. The van der Waals surface area contributed by atoms with Crippen LogP contribution in [0.5, 0.6) is 5.75 Å². The number of benzene rings is 2. The average molecular weight is 562 g/mol. The molecule has 1 aromatic heterocycles. The van der Waals surface area contributed by atoms with Crippen molar-refractivity contribution in [3.8, 4) is 11.8 Å². The molecule has 2 aromatic carbocycles. The second kappa shape index (κ2) is 13.9. The van der Waals surface area contributed by atoms with Crippen molar-refractivity contribution in [1.82, 2.24) is 0 Å². The number of carboxylic acid groups (broad SMARTS) is 1. The van der Waals surface area contributed by atoms with Crippen molar-refractivity contribution in [2.75, 3.05) is 13.2 Å². The van der Waals surface area contributed by atoms with Gasteiger partial charge in [0.1, 0.15) is 23.3 Å². The van der Waals surface area contributed by atoms with E-state index in [0.717, 1.165) is 16.9 Å². The van der Waals surface area contributed by atoms with Crippen LogP contribution in [0.25, 0.3) is 6.08 Å². The van der Waals surface area contributed by atoms with Crippen molar-refractivity contribution in [2.45, 2.75) is 33.8 Å². The van der Waals surface area contributed by atoms with E-state index in [4.69, 9.17) is 19.3 Å². The second-order valence-electron chi connectivity index (χ2n) is 8.42. The van der Waals surface area contributed by atoms with Gasteiger partial charge in [0, 0.05) is 11.3 Å². The van der Waals surface area contributed by atoms with Crippen LogP contribution in [0.15, 0.2) is 54.1 Å². The molecule has 0 aliphatic heterocycles. The van der Waals surface area contributed by atoms with Crippen molar-refractivity contribution in [3.63, 3.8) is 0 Å². The van der Waals surface area contributed by atoms with E-state index >= 15 is 0 Å². The molecule has 0 bridgehead atoms. The standard InChI is InChI=1S/C30H27NO8S/c1-4-37-29(35)26-18(3)27(30(36)38-5-2)40-25(26)15-24(32)22(16-31)14-19-8-12-23(13-9-19)39-17-20-6-10-21(11-7-20)28(33)34/h6-14H,4-5,15,17H2,1-3H3,(H,33,34). The Morgan fingerprint density at radius 2 is 1.57 bits per heavy atom. The highest BCUT2D eigenvalue weighted by atomic mass is 32.1. The molecule has 0 spiro atoms. The van der Waals surface area contributed by atoms with Gasteiger partial charge < -0.3 is 19.3 Å². The second-order valence-corrected chi connectivity index (χ2v) is 9.53. The first kappa shape index (κ1) is 29.8. The fourth-order valence-corrected chi connectivity index (χ4v) is 4.90. The third-order valence-electron chi connectivity index (χ3n) is 5.70. The maximum Gasteiger partial charge on any atom is 0.348 e. The minimum atomic E-state index is -1.00. The molecule has 0 radical (unpaired) electrons. The lowest BCUT2D eigenvalue weighted by molar-refractivity contribution is -0.114. The predicted molar refractivity (Wildman–Crippen MR) is 147 cm³/mol. The van der Waals surface area contributed by atoms with Gasteiger partial charge in [0.05, 0.1) is 29.9 Å². The number of nitriles is 1. The van der Waals surface area contributed by atoms with Gasteiger partial charge in [-0.25, -0.2) is 14.4 Å². The van der Waals surface area contributed by atoms with Crippen LogP contribution in [0.4, 0.5) is 0 Å². The summed E-state index contributed by atoms with van der Waals surface area (Å²) in [5.74, 6) is -2.22. The zero-order valence-electron chi connectivity index (χ0n) is 22.2. The van der Waals surface area contributed by atoms with Gasteiger partial charge in [-0.2, -0.15) is 5.26 Å².